The average molecular weight is 673 g/mol. The molecule has 51 heavy (non-hydrogen) atoms. The van der Waals surface area contributed by atoms with Gasteiger partial charge in [-0.2, -0.15) is 0 Å². The third kappa shape index (κ3) is 6.24. The predicted molar refractivity (Wildman–Crippen MR) is 196 cm³/mol. The molecule has 1 saturated heterocycles. The van der Waals surface area contributed by atoms with Crippen molar-refractivity contribution in [3.63, 3.8) is 0 Å². The maximum atomic E-state index is 13.8. The molecule has 2 amide bonds. The van der Waals surface area contributed by atoms with Crippen molar-refractivity contribution >= 4 is 17.6 Å². The first kappa shape index (κ1) is 33.0. The number of benzene rings is 5. The Hall–Kier alpha value is -6.54. The molecule has 0 radical (unpaired) electrons. The third-order valence-electron chi connectivity index (χ3n) is 9.47. The lowest BCUT2D eigenvalue weighted by molar-refractivity contribution is 0.103. The maximum Gasteiger partial charge on any atom is 0.323 e. The highest BCUT2D eigenvalue weighted by Gasteiger charge is 2.51. The lowest BCUT2D eigenvalue weighted by Crippen LogP contribution is -2.41. The molecule has 0 bridgehead atoms. The van der Waals surface area contributed by atoms with Crippen LogP contribution in [0.1, 0.15) is 59.9 Å². The van der Waals surface area contributed by atoms with Gasteiger partial charge >= 0.3 is 6.03 Å². The van der Waals surface area contributed by atoms with Crippen molar-refractivity contribution in [1.29, 1.82) is 0 Å². The van der Waals surface area contributed by atoms with E-state index in [-0.39, 0.29) is 24.1 Å². The third-order valence-corrected chi connectivity index (χ3v) is 9.47. The Kier molecular flexibility index (Phi) is 8.90. The number of hydrogen-bond donors (Lipinski definition) is 1. The summed E-state index contributed by atoms with van der Waals surface area (Å²) in [5, 5.41) is 3.24. The minimum Gasteiger partial charge on any atom is -0.497 e. The van der Waals surface area contributed by atoms with Gasteiger partial charge in [-0.3, -0.25) is 14.5 Å². The molecule has 0 aliphatic carbocycles. The Morgan fingerprint density at radius 3 is 1.71 bits per heavy atom. The molecule has 1 aromatic heterocycles. The standard InChI is InChI=1S/C43H36N4O4/c1-29-41(44-28-46(29)26-31-14-18-35(19-15-31)39(48)33-10-6-4-7-11-33)43(37-22-24-38(51-3)25-23-37)30(2)47(42(50)45-43)27-32-16-20-36(21-17-32)40(49)34-12-8-5-9-13-34/h4-25,28H,2,26-27H2,1,3H3,(H,45,50). The van der Waals surface area contributed by atoms with Crippen molar-refractivity contribution < 1.29 is 19.1 Å². The number of carbonyl (C=O) groups is 3. The molecule has 2 heterocycles. The number of amides is 2. The minimum absolute atomic E-state index is 0.0265. The molecule has 0 saturated carbocycles. The zero-order valence-corrected chi connectivity index (χ0v) is 28.4. The van der Waals surface area contributed by atoms with Crippen LogP contribution in [0.2, 0.25) is 0 Å². The molecule has 1 aliphatic heterocycles. The molecule has 1 atom stereocenters. The van der Waals surface area contributed by atoms with E-state index in [1.807, 2.05) is 121 Å². The number of carbonyl (C=O) groups excluding carboxylic acids is 3. The van der Waals surface area contributed by atoms with Gasteiger partial charge in [0.05, 0.1) is 31.4 Å². The van der Waals surface area contributed by atoms with E-state index >= 15 is 0 Å². The summed E-state index contributed by atoms with van der Waals surface area (Å²) in [7, 11) is 1.61. The molecule has 1 N–H and O–H groups in total. The molecule has 8 heteroatoms. The van der Waals surface area contributed by atoms with Crippen LogP contribution < -0.4 is 10.1 Å². The highest BCUT2D eigenvalue weighted by Crippen LogP contribution is 2.43. The van der Waals surface area contributed by atoms with Gasteiger partial charge in [-0.1, -0.05) is 128 Å². The van der Waals surface area contributed by atoms with Crippen LogP contribution in [-0.4, -0.2) is 39.2 Å². The second-order valence-corrected chi connectivity index (χ2v) is 12.5. The molecule has 0 spiro atoms. The summed E-state index contributed by atoms with van der Waals surface area (Å²) < 4.78 is 7.46. The molecule has 1 aliphatic rings. The maximum absolute atomic E-state index is 13.8. The second-order valence-electron chi connectivity index (χ2n) is 12.5. The lowest BCUT2D eigenvalue weighted by atomic mass is 9.83. The van der Waals surface area contributed by atoms with Gasteiger partial charge in [-0.05, 0) is 35.7 Å². The highest BCUT2D eigenvalue weighted by atomic mass is 16.5. The molecule has 7 rings (SSSR count). The van der Waals surface area contributed by atoms with Gasteiger partial charge in [0.1, 0.15) is 5.75 Å². The first-order valence-electron chi connectivity index (χ1n) is 16.6. The first-order chi connectivity index (χ1) is 24.8. The summed E-state index contributed by atoms with van der Waals surface area (Å²) in [6, 6.07) is 40.5. The normalized spacial score (nSPS) is 15.5. The minimum atomic E-state index is -1.16. The van der Waals surface area contributed by atoms with E-state index in [2.05, 4.69) is 11.9 Å². The van der Waals surface area contributed by atoms with Gasteiger partial charge < -0.3 is 14.6 Å². The van der Waals surface area contributed by atoms with E-state index in [4.69, 9.17) is 9.72 Å². The molecule has 252 valence electrons. The van der Waals surface area contributed by atoms with Crippen molar-refractivity contribution in [2.24, 2.45) is 0 Å². The highest BCUT2D eigenvalue weighted by molar-refractivity contribution is 6.09. The van der Waals surface area contributed by atoms with Crippen LogP contribution in [0.25, 0.3) is 0 Å². The Morgan fingerprint density at radius 1 is 0.706 bits per heavy atom. The Labute approximate surface area is 296 Å². The van der Waals surface area contributed by atoms with Gasteiger partial charge in [0.15, 0.2) is 17.1 Å². The summed E-state index contributed by atoms with van der Waals surface area (Å²) in [5.41, 5.74) is 5.94. The molecule has 8 nitrogen and oxygen atoms in total. The number of aromatic nitrogens is 2. The quantitative estimate of drug-likeness (QED) is 0.143. The average Bonchev–Trinajstić information content (AvgIpc) is 3.67. The van der Waals surface area contributed by atoms with Gasteiger partial charge in [-0.15, -0.1) is 0 Å². The second kappa shape index (κ2) is 13.8. The van der Waals surface area contributed by atoms with Gasteiger partial charge in [-0.25, -0.2) is 9.78 Å². The molecule has 1 fully saturated rings. The van der Waals surface area contributed by atoms with Crippen LogP contribution in [0.15, 0.2) is 152 Å². The molecule has 1 unspecified atom stereocenters. The molecular weight excluding hydrogens is 636 g/mol. The summed E-state index contributed by atoms with van der Waals surface area (Å²) in [6.07, 6.45) is 1.77. The largest absolute Gasteiger partial charge is 0.497 e. The fourth-order valence-electron chi connectivity index (χ4n) is 6.59. The summed E-state index contributed by atoms with van der Waals surface area (Å²) in [4.78, 5) is 46.3. The monoisotopic (exact) mass is 672 g/mol. The van der Waals surface area contributed by atoms with Crippen molar-refractivity contribution in [1.82, 2.24) is 19.8 Å². The Bertz CT molecular complexity index is 2230. The van der Waals surface area contributed by atoms with E-state index in [0.717, 1.165) is 22.4 Å². The topological polar surface area (TPSA) is 93.5 Å². The number of rotatable bonds is 11. The molecular formula is C43H36N4O4. The van der Waals surface area contributed by atoms with Crippen molar-refractivity contribution in [3.8, 4) is 5.75 Å². The summed E-state index contributed by atoms with van der Waals surface area (Å²) >= 11 is 0. The van der Waals surface area contributed by atoms with E-state index < -0.39 is 5.54 Å². The lowest BCUT2D eigenvalue weighted by Gasteiger charge is -2.31. The van der Waals surface area contributed by atoms with Crippen molar-refractivity contribution in [2.45, 2.75) is 25.6 Å². The van der Waals surface area contributed by atoms with Crippen molar-refractivity contribution in [3.05, 3.63) is 202 Å². The number of ether oxygens (including phenoxy) is 1. The zero-order chi connectivity index (χ0) is 35.5. The number of nitrogens with zero attached hydrogens (tertiary/aromatic N) is 3. The molecule has 5 aromatic carbocycles. The van der Waals surface area contributed by atoms with Crippen LogP contribution in [0.5, 0.6) is 5.75 Å². The van der Waals surface area contributed by atoms with Crippen LogP contribution in [0, 0.1) is 6.92 Å². The number of ketones is 2. The number of nitrogens with one attached hydrogen (secondary N) is 1. The Morgan fingerprint density at radius 2 is 1.20 bits per heavy atom. The van der Waals surface area contributed by atoms with Crippen LogP contribution in [0.3, 0.4) is 0 Å². The van der Waals surface area contributed by atoms with Gasteiger partial charge in [0, 0.05) is 34.5 Å². The van der Waals surface area contributed by atoms with E-state index in [1.54, 1.807) is 42.6 Å². The first-order valence-corrected chi connectivity index (χ1v) is 16.6. The smallest absolute Gasteiger partial charge is 0.323 e. The van der Waals surface area contributed by atoms with Gasteiger partial charge in [0.25, 0.3) is 0 Å². The van der Waals surface area contributed by atoms with Crippen LogP contribution in [-0.2, 0) is 18.6 Å². The summed E-state index contributed by atoms with van der Waals surface area (Å²) in [5.74, 6) is 0.593. The number of methoxy groups -OCH3 is 1. The molecule has 6 aromatic rings. The van der Waals surface area contributed by atoms with Crippen LogP contribution in [0.4, 0.5) is 4.79 Å². The Balaban J connectivity index is 1.17. The summed E-state index contributed by atoms with van der Waals surface area (Å²) in [6.45, 7) is 7.21. The van der Waals surface area contributed by atoms with Crippen LogP contribution >= 0.6 is 0 Å². The number of hydrogen-bond acceptors (Lipinski definition) is 5. The number of urea groups is 1. The number of imidazole rings is 1. The predicted octanol–water partition coefficient (Wildman–Crippen LogP) is 7.69. The fourth-order valence-corrected chi connectivity index (χ4v) is 6.59. The van der Waals surface area contributed by atoms with E-state index in [9.17, 15) is 14.4 Å². The van der Waals surface area contributed by atoms with E-state index in [0.29, 0.717) is 45.9 Å². The van der Waals surface area contributed by atoms with Crippen molar-refractivity contribution in [2.75, 3.05) is 7.11 Å². The SMILES string of the molecule is C=C1N(Cc2ccc(C(=O)c3ccccc3)cc2)C(=O)NC1(c1ccc(OC)cc1)c1ncn(Cc2ccc(C(=O)c3ccccc3)cc2)c1C. The fraction of sp³-hybridized carbons (Fsp3) is 0.116. The van der Waals surface area contributed by atoms with E-state index in [1.165, 1.54) is 0 Å². The van der Waals surface area contributed by atoms with Gasteiger partial charge in [0.2, 0.25) is 0 Å². The zero-order valence-electron chi connectivity index (χ0n) is 28.4.